The number of likely N-dealkylation sites (tertiary alicyclic amines) is 2. The first-order valence-electron chi connectivity index (χ1n) is 12.3. The quantitative estimate of drug-likeness (QED) is 0.669. The number of hydrogen-bond donors (Lipinski definition) is 1. The van der Waals surface area contributed by atoms with E-state index in [1.165, 1.54) is 5.56 Å². The Morgan fingerprint density at radius 3 is 2.38 bits per heavy atom. The van der Waals surface area contributed by atoms with E-state index in [0.717, 1.165) is 50.3 Å². The van der Waals surface area contributed by atoms with Gasteiger partial charge in [-0.2, -0.15) is 0 Å². The van der Waals surface area contributed by atoms with Crippen molar-refractivity contribution < 1.29 is 14.3 Å². The fourth-order valence-electron chi connectivity index (χ4n) is 4.55. The number of hydrogen-bond acceptors (Lipinski definition) is 6. The molecule has 0 bridgehead atoms. The predicted molar refractivity (Wildman–Crippen MR) is 134 cm³/mol. The Kier molecular flexibility index (Phi) is 7.88. The molecule has 0 aliphatic carbocycles. The zero-order valence-corrected chi connectivity index (χ0v) is 21.3. The van der Waals surface area contributed by atoms with E-state index in [1.54, 1.807) is 16.2 Å². The number of rotatable bonds is 5. The molecule has 3 heterocycles. The monoisotopic (exact) mass is 484 g/mol. The van der Waals surface area contributed by atoms with Crippen LogP contribution >= 0.6 is 11.3 Å². The lowest BCUT2D eigenvalue weighted by Crippen LogP contribution is -2.44. The third-order valence-corrected chi connectivity index (χ3v) is 7.43. The van der Waals surface area contributed by atoms with Gasteiger partial charge in [-0.1, -0.05) is 30.3 Å². The van der Waals surface area contributed by atoms with Gasteiger partial charge in [0, 0.05) is 50.1 Å². The molecule has 1 aromatic heterocycles. The first kappa shape index (κ1) is 24.7. The van der Waals surface area contributed by atoms with Crippen LogP contribution in [0.4, 0.5) is 4.79 Å². The van der Waals surface area contributed by atoms with Gasteiger partial charge in [0.15, 0.2) is 0 Å². The molecular weight excluding hydrogens is 448 g/mol. The summed E-state index contributed by atoms with van der Waals surface area (Å²) >= 11 is 1.55. The summed E-state index contributed by atoms with van der Waals surface area (Å²) in [6, 6.07) is 10.7. The van der Waals surface area contributed by atoms with E-state index >= 15 is 0 Å². The van der Waals surface area contributed by atoms with Crippen LogP contribution in [0, 0.1) is 0 Å². The summed E-state index contributed by atoms with van der Waals surface area (Å²) in [6.45, 7) is 9.89. The summed E-state index contributed by atoms with van der Waals surface area (Å²) < 4.78 is 5.48. The van der Waals surface area contributed by atoms with Gasteiger partial charge < -0.3 is 15.0 Å². The van der Waals surface area contributed by atoms with Crippen LogP contribution in [0.5, 0.6) is 0 Å². The summed E-state index contributed by atoms with van der Waals surface area (Å²) in [4.78, 5) is 34.0. The van der Waals surface area contributed by atoms with E-state index in [1.807, 2.05) is 32.2 Å². The van der Waals surface area contributed by atoms with Crippen molar-refractivity contribution in [2.24, 2.45) is 0 Å². The van der Waals surface area contributed by atoms with E-state index in [9.17, 15) is 9.59 Å². The molecule has 4 rings (SSSR count). The van der Waals surface area contributed by atoms with Gasteiger partial charge in [-0.15, -0.1) is 11.3 Å². The summed E-state index contributed by atoms with van der Waals surface area (Å²) in [7, 11) is 0. The van der Waals surface area contributed by atoms with Crippen molar-refractivity contribution in [3.8, 4) is 0 Å². The Morgan fingerprint density at radius 2 is 1.74 bits per heavy atom. The van der Waals surface area contributed by atoms with E-state index in [2.05, 4.69) is 39.5 Å². The van der Waals surface area contributed by atoms with Gasteiger partial charge in [-0.25, -0.2) is 9.78 Å². The van der Waals surface area contributed by atoms with Gasteiger partial charge in [0.25, 0.3) is 5.91 Å². The van der Waals surface area contributed by atoms with E-state index < -0.39 is 5.60 Å². The lowest BCUT2D eigenvalue weighted by atomic mass is 9.98. The standard InChI is InChI=1S/C26H36N4O3S/c1-26(2,3)33-25(32)30-15-9-20(10-16-30)24-28-22(18-34-24)23(31)27-21-11-13-29(14-12-21)17-19-7-5-4-6-8-19/h4-8,18,20-21H,9-17H2,1-3H3,(H,27,31). The second kappa shape index (κ2) is 10.9. The van der Waals surface area contributed by atoms with Crippen LogP contribution in [0.3, 0.4) is 0 Å². The van der Waals surface area contributed by atoms with Gasteiger partial charge in [-0.3, -0.25) is 9.69 Å². The summed E-state index contributed by atoms with van der Waals surface area (Å²) in [6.07, 6.45) is 3.35. The average molecular weight is 485 g/mol. The average Bonchev–Trinajstić information content (AvgIpc) is 3.31. The van der Waals surface area contributed by atoms with Crippen molar-refractivity contribution in [1.29, 1.82) is 0 Å². The Balaban J connectivity index is 1.21. The second-order valence-corrected chi connectivity index (χ2v) is 11.2. The molecule has 0 atom stereocenters. The van der Waals surface area contributed by atoms with Crippen molar-refractivity contribution in [1.82, 2.24) is 20.1 Å². The molecule has 1 aromatic carbocycles. The molecule has 0 unspecified atom stereocenters. The molecule has 2 saturated heterocycles. The van der Waals surface area contributed by atoms with Crippen molar-refractivity contribution in [3.63, 3.8) is 0 Å². The maximum Gasteiger partial charge on any atom is 0.410 e. The highest BCUT2D eigenvalue weighted by Gasteiger charge is 2.29. The summed E-state index contributed by atoms with van der Waals surface area (Å²) in [5.74, 6) is 0.210. The van der Waals surface area contributed by atoms with Crippen LogP contribution < -0.4 is 5.32 Å². The van der Waals surface area contributed by atoms with Gasteiger partial charge in [-0.05, 0) is 52.0 Å². The number of piperidine rings is 2. The molecule has 2 fully saturated rings. The lowest BCUT2D eigenvalue weighted by molar-refractivity contribution is 0.0204. The van der Waals surface area contributed by atoms with Crippen molar-refractivity contribution in [3.05, 3.63) is 52.0 Å². The number of aromatic nitrogens is 1. The Morgan fingerprint density at radius 1 is 1.06 bits per heavy atom. The highest BCUT2D eigenvalue weighted by molar-refractivity contribution is 7.09. The SMILES string of the molecule is CC(C)(C)OC(=O)N1CCC(c2nc(C(=O)NC3CCN(Cc4ccccc4)CC3)cs2)CC1. The number of nitrogens with one attached hydrogen (secondary N) is 1. The molecular formula is C26H36N4O3S. The molecule has 34 heavy (non-hydrogen) atoms. The smallest absolute Gasteiger partial charge is 0.410 e. The topological polar surface area (TPSA) is 74.8 Å². The minimum Gasteiger partial charge on any atom is -0.444 e. The molecule has 2 aliphatic heterocycles. The zero-order valence-electron chi connectivity index (χ0n) is 20.5. The van der Waals surface area contributed by atoms with Crippen LogP contribution in [-0.4, -0.2) is 64.6 Å². The molecule has 2 aliphatic rings. The minimum absolute atomic E-state index is 0.0739. The van der Waals surface area contributed by atoms with Crippen molar-refractivity contribution >= 4 is 23.3 Å². The van der Waals surface area contributed by atoms with E-state index in [4.69, 9.17) is 4.74 Å². The van der Waals surface area contributed by atoms with Crippen LogP contribution in [0.2, 0.25) is 0 Å². The van der Waals surface area contributed by atoms with E-state index in [0.29, 0.717) is 18.8 Å². The predicted octanol–water partition coefficient (Wildman–Crippen LogP) is 4.65. The first-order chi connectivity index (χ1) is 16.3. The number of carbonyl (C=O) groups is 2. The largest absolute Gasteiger partial charge is 0.444 e. The molecule has 184 valence electrons. The zero-order chi connectivity index (χ0) is 24.1. The minimum atomic E-state index is -0.482. The van der Waals surface area contributed by atoms with Crippen molar-refractivity contribution in [2.45, 2.75) is 70.6 Å². The van der Waals surface area contributed by atoms with E-state index in [-0.39, 0.29) is 24.0 Å². The molecule has 2 amide bonds. The van der Waals surface area contributed by atoms with Gasteiger partial charge in [0.05, 0.1) is 5.01 Å². The molecule has 0 radical (unpaired) electrons. The molecule has 0 spiro atoms. The summed E-state index contributed by atoms with van der Waals surface area (Å²) in [5.41, 5.74) is 1.36. The maximum absolute atomic E-state index is 12.8. The molecule has 2 aromatic rings. The van der Waals surface area contributed by atoms with Crippen molar-refractivity contribution in [2.75, 3.05) is 26.2 Å². The van der Waals surface area contributed by atoms with Crippen LogP contribution in [0.1, 0.15) is 73.4 Å². The number of nitrogens with zero attached hydrogens (tertiary/aromatic N) is 3. The number of ether oxygens (including phenoxy) is 1. The van der Waals surface area contributed by atoms with Gasteiger partial charge >= 0.3 is 6.09 Å². The number of amides is 2. The summed E-state index contributed by atoms with van der Waals surface area (Å²) in [5, 5.41) is 6.05. The molecule has 7 nitrogen and oxygen atoms in total. The van der Waals surface area contributed by atoms with Crippen LogP contribution in [0.25, 0.3) is 0 Å². The highest BCUT2D eigenvalue weighted by Crippen LogP contribution is 2.31. The Bertz CT molecular complexity index is 956. The number of benzene rings is 1. The number of carbonyl (C=O) groups excluding carboxylic acids is 2. The number of thiazole rings is 1. The molecule has 0 saturated carbocycles. The third-order valence-electron chi connectivity index (χ3n) is 6.42. The third kappa shape index (κ3) is 6.79. The van der Waals surface area contributed by atoms with Gasteiger partial charge in [0.1, 0.15) is 11.3 Å². The second-order valence-electron chi connectivity index (χ2n) is 10.3. The fraction of sp³-hybridized carbons (Fsp3) is 0.577. The van der Waals surface area contributed by atoms with Gasteiger partial charge in [0.2, 0.25) is 0 Å². The normalized spacial score (nSPS) is 18.6. The Hall–Kier alpha value is -2.45. The first-order valence-corrected chi connectivity index (χ1v) is 13.2. The Labute approximate surface area is 206 Å². The lowest BCUT2D eigenvalue weighted by Gasteiger charge is -2.32. The molecule has 8 heteroatoms. The fourth-order valence-corrected chi connectivity index (χ4v) is 5.52. The highest BCUT2D eigenvalue weighted by atomic mass is 32.1. The van der Waals surface area contributed by atoms with Crippen LogP contribution in [-0.2, 0) is 11.3 Å². The molecule has 1 N–H and O–H groups in total. The maximum atomic E-state index is 12.8. The van der Waals surface area contributed by atoms with Crippen LogP contribution in [0.15, 0.2) is 35.7 Å².